The molecule has 1 amide bonds. The second kappa shape index (κ2) is 10.9. The van der Waals surface area contributed by atoms with Gasteiger partial charge in [-0.15, -0.1) is 10.2 Å². The largest absolute Gasteiger partial charge is 0.494 e. The molecule has 0 aliphatic rings. The number of ether oxygens (including phenoxy) is 2. The first-order valence-corrected chi connectivity index (χ1v) is 11.8. The zero-order valence-electron chi connectivity index (χ0n) is 18.7. The summed E-state index contributed by atoms with van der Waals surface area (Å²) in [6, 6.07) is 21.4. The molecule has 170 valence electrons. The SMILES string of the molecule is CCOc1ccc(NC(=O)CSc2nnc(COc3cccc4ccccc34)n2CC)cc1. The summed E-state index contributed by atoms with van der Waals surface area (Å²) in [6.45, 7) is 5.55. The molecule has 1 aromatic heterocycles. The van der Waals surface area contributed by atoms with Gasteiger partial charge in [0.2, 0.25) is 5.91 Å². The fraction of sp³-hybridized carbons (Fsp3) is 0.240. The van der Waals surface area contributed by atoms with E-state index in [4.69, 9.17) is 9.47 Å². The van der Waals surface area contributed by atoms with Crippen LogP contribution in [0, 0.1) is 0 Å². The number of aromatic nitrogens is 3. The van der Waals surface area contributed by atoms with E-state index in [1.807, 2.05) is 73.0 Å². The average molecular weight is 463 g/mol. The van der Waals surface area contributed by atoms with Crippen molar-refractivity contribution in [3.8, 4) is 11.5 Å². The first-order chi connectivity index (χ1) is 16.2. The van der Waals surface area contributed by atoms with Gasteiger partial charge in [0.1, 0.15) is 18.1 Å². The molecule has 0 unspecified atom stereocenters. The van der Waals surface area contributed by atoms with Crippen LogP contribution in [0.25, 0.3) is 10.8 Å². The number of nitrogens with one attached hydrogen (secondary N) is 1. The molecule has 33 heavy (non-hydrogen) atoms. The van der Waals surface area contributed by atoms with Gasteiger partial charge >= 0.3 is 0 Å². The molecule has 0 radical (unpaired) electrons. The minimum absolute atomic E-state index is 0.108. The highest BCUT2D eigenvalue weighted by Crippen LogP contribution is 2.26. The van der Waals surface area contributed by atoms with Gasteiger partial charge in [0.15, 0.2) is 11.0 Å². The standard InChI is InChI=1S/C25H26N4O3S/c1-3-29-23(16-32-22-11-7-9-18-8-5-6-10-21(18)22)27-28-25(29)33-17-24(30)26-19-12-14-20(15-13-19)31-4-2/h5-15H,3-4,16-17H2,1-2H3,(H,26,30). The number of anilines is 1. The van der Waals surface area contributed by atoms with Gasteiger partial charge in [-0.1, -0.05) is 48.2 Å². The maximum absolute atomic E-state index is 12.4. The number of hydrogen-bond donors (Lipinski definition) is 1. The van der Waals surface area contributed by atoms with Crippen molar-refractivity contribution in [1.29, 1.82) is 0 Å². The van der Waals surface area contributed by atoms with Crippen LogP contribution in [0.5, 0.6) is 11.5 Å². The lowest BCUT2D eigenvalue weighted by Gasteiger charge is -2.11. The maximum Gasteiger partial charge on any atom is 0.234 e. The summed E-state index contributed by atoms with van der Waals surface area (Å²) < 4.78 is 13.5. The van der Waals surface area contributed by atoms with E-state index in [0.717, 1.165) is 33.8 Å². The Morgan fingerprint density at radius 1 is 0.970 bits per heavy atom. The summed E-state index contributed by atoms with van der Waals surface area (Å²) in [7, 11) is 0. The number of nitrogens with zero attached hydrogens (tertiary/aromatic N) is 3. The first-order valence-electron chi connectivity index (χ1n) is 10.9. The van der Waals surface area contributed by atoms with E-state index >= 15 is 0 Å². The van der Waals surface area contributed by atoms with E-state index in [0.29, 0.717) is 24.9 Å². The van der Waals surface area contributed by atoms with Gasteiger partial charge in [0.05, 0.1) is 12.4 Å². The van der Waals surface area contributed by atoms with Crippen LogP contribution in [0.15, 0.2) is 71.9 Å². The van der Waals surface area contributed by atoms with Crippen molar-refractivity contribution in [3.05, 3.63) is 72.6 Å². The van der Waals surface area contributed by atoms with Crippen LogP contribution in [0.3, 0.4) is 0 Å². The smallest absolute Gasteiger partial charge is 0.234 e. The monoisotopic (exact) mass is 462 g/mol. The predicted octanol–water partition coefficient (Wildman–Crippen LogP) is 5.16. The van der Waals surface area contributed by atoms with E-state index in [2.05, 4.69) is 27.6 Å². The Bertz CT molecular complexity index is 1220. The number of carbonyl (C=O) groups is 1. The van der Waals surface area contributed by atoms with Gasteiger partial charge in [0.25, 0.3) is 0 Å². The predicted molar refractivity (Wildman–Crippen MR) is 131 cm³/mol. The van der Waals surface area contributed by atoms with Gasteiger partial charge in [-0.25, -0.2) is 0 Å². The maximum atomic E-state index is 12.4. The third-order valence-electron chi connectivity index (χ3n) is 5.00. The van der Waals surface area contributed by atoms with Crippen LogP contribution in [0.1, 0.15) is 19.7 Å². The summed E-state index contributed by atoms with van der Waals surface area (Å²) >= 11 is 1.35. The summed E-state index contributed by atoms with van der Waals surface area (Å²) in [5, 5.41) is 14.3. The third-order valence-corrected chi connectivity index (χ3v) is 5.96. The molecule has 3 aromatic carbocycles. The highest BCUT2D eigenvalue weighted by molar-refractivity contribution is 7.99. The number of fused-ring (bicyclic) bond motifs is 1. The fourth-order valence-electron chi connectivity index (χ4n) is 3.44. The zero-order valence-corrected chi connectivity index (χ0v) is 19.5. The minimum Gasteiger partial charge on any atom is -0.494 e. The molecular formula is C25H26N4O3S. The van der Waals surface area contributed by atoms with Gasteiger partial charge < -0.3 is 19.4 Å². The second-order valence-corrected chi connectivity index (χ2v) is 8.15. The lowest BCUT2D eigenvalue weighted by Crippen LogP contribution is -2.15. The van der Waals surface area contributed by atoms with Crippen LogP contribution >= 0.6 is 11.8 Å². The van der Waals surface area contributed by atoms with Crippen molar-refractivity contribution >= 4 is 34.1 Å². The summed E-state index contributed by atoms with van der Waals surface area (Å²) in [6.07, 6.45) is 0. The Morgan fingerprint density at radius 3 is 2.55 bits per heavy atom. The fourth-order valence-corrected chi connectivity index (χ4v) is 4.26. The van der Waals surface area contributed by atoms with E-state index < -0.39 is 0 Å². The Kier molecular flexibility index (Phi) is 7.47. The first kappa shape index (κ1) is 22.7. The van der Waals surface area contributed by atoms with Gasteiger partial charge in [-0.05, 0) is 49.6 Å². The number of benzene rings is 3. The van der Waals surface area contributed by atoms with Crippen molar-refractivity contribution < 1.29 is 14.3 Å². The normalized spacial score (nSPS) is 10.8. The molecule has 0 aliphatic heterocycles. The van der Waals surface area contributed by atoms with Crippen molar-refractivity contribution in [2.75, 3.05) is 17.7 Å². The lowest BCUT2D eigenvalue weighted by atomic mass is 10.1. The van der Waals surface area contributed by atoms with Crippen molar-refractivity contribution in [2.24, 2.45) is 0 Å². The highest BCUT2D eigenvalue weighted by Gasteiger charge is 2.14. The Morgan fingerprint density at radius 2 is 1.76 bits per heavy atom. The summed E-state index contributed by atoms with van der Waals surface area (Å²) in [5.41, 5.74) is 0.727. The number of carbonyl (C=O) groups excluding carboxylic acids is 1. The number of rotatable bonds is 10. The van der Waals surface area contributed by atoms with Crippen LogP contribution in [0.2, 0.25) is 0 Å². The summed E-state index contributed by atoms with van der Waals surface area (Å²) in [4.78, 5) is 12.4. The third kappa shape index (κ3) is 5.64. The Balaban J connectivity index is 1.35. The van der Waals surface area contributed by atoms with Crippen molar-refractivity contribution in [3.63, 3.8) is 0 Å². The van der Waals surface area contributed by atoms with E-state index in [1.54, 1.807) is 0 Å². The molecule has 4 rings (SSSR count). The van der Waals surface area contributed by atoms with E-state index in [9.17, 15) is 4.79 Å². The van der Waals surface area contributed by atoms with Crippen LogP contribution in [-0.4, -0.2) is 33.0 Å². The average Bonchev–Trinajstić information content (AvgIpc) is 3.24. The minimum atomic E-state index is -0.108. The summed E-state index contributed by atoms with van der Waals surface area (Å²) in [5.74, 6) is 2.43. The molecule has 8 heteroatoms. The quantitative estimate of drug-likeness (QED) is 0.328. The highest BCUT2D eigenvalue weighted by atomic mass is 32.2. The number of hydrogen-bond acceptors (Lipinski definition) is 6. The van der Waals surface area contributed by atoms with Gasteiger partial charge in [-0.2, -0.15) is 0 Å². The van der Waals surface area contributed by atoms with Gasteiger partial charge in [0, 0.05) is 17.6 Å². The molecule has 0 saturated heterocycles. The molecule has 0 aliphatic carbocycles. The lowest BCUT2D eigenvalue weighted by molar-refractivity contribution is -0.113. The molecule has 1 heterocycles. The number of thioether (sulfide) groups is 1. The molecule has 0 fully saturated rings. The molecule has 0 spiro atoms. The van der Waals surface area contributed by atoms with Crippen molar-refractivity contribution in [2.45, 2.75) is 32.2 Å². The van der Waals surface area contributed by atoms with Crippen LogP contribution < -0.4 is 14.8 Å². The topological polar surface area (TPSA) is 78.3 Å². The second-order valence-electron chi connectivity index (χ2n) is 7.20. The molecule has 4 aromatic rings. The van der Waals surface area contributed by atoms with E-state index in [1.165, 1.54) is 11.8 Å². The molecule has 1 N–H and O–H groups in total. The zero-order chi connectivity index (χ0) is 23.0. The molecular weight excluding hydrogens is 436 g/mol. The molecule has 7 nitrogen and oxygen atoms in total. The van der Waals surface area contributed by atoms with Crippen LogP contribution in [0.4, 0.5) is 5.69 Å². The number of amides is 1. The van der Waals surface area contributed by atoms with E-state index in [-0.39, 0.29) is 11.7 Å². The van der Waals surface area contributed by atoms with Crippen LogP contribution in [-0.2, 0) is 17.9 Å². The molecule has 0 atom stereocenters. The van der Waals surface area contributed by atoms with Crippen molar-refractivity contribution in [1.82, 2.24) is 14.8 Å². The van der Waals surface area contributed by atoms with Gasteiger partial charge in [-0.3, -0.25) is 4.79 Å². The molecule has 0 saturated carbocycles. The Hall–Kier alpha value is -3.52. The Labute approximate surface area is 197 Å². The molecule has 0 bridgehead atoms.